The van der Waals surface area contributed by atoms with Crippen LogP contribution in [-0.4, -0.2) is 33.6 Å². The summed E-state index contributed by atoms with van der Waals surface area (Å²) in [6.07, 6.45) is 0.438. The molecule has 2 aromatic carbocycles. The minimum Gasteiger partial charge on any atom is -0.497 e. The number of carbonyl (C=O) groups is 1. The Kier molecular flexibility index (Phi) is 5.26. The van der Waals surface area contributed by atoms with Gasteiger partial charge in [0.15, 0.2) is 5.82 Å². The highest BCUT2D eigenvalue weighted by atomic mass is 16.5. The summed E-state index contributed by atoms with van der Waals surface area (Å²) in [5.41, 5.74) is 3.88. The average molecular weight is 351 g/mol. The third-order valence-electron chi connectivity index (χ3n) is 4.05. The summed E-state index contributed by atoms with van der Waals surface area (Å²) in [4.78, 5) is 12.9. The first-order chi connectivity index (χ1) is 12.5. The molecular formula is C19H21N5O2. The number of hydrogen-bond donors (Lipinski definition) is 2. The minimum absolute atomic E-state index is 0.181. The Morgan fingerprint density at radius 2 is 1.96 bits per heavy atom. The molecule has 0 aliphatic rings. The molecule has 0 spiro atoms. The van der Waals surface area contributed by atoms with Crippen molar-refractivity contribution in [3.8, 4) is 5.75 Å². The fraction of sp³-hybridized carbons (Fsp3) is 0.263. The van der Waals surface area contributed by atoms with Crippen LogP contribution < -0.4 is 10.1 Å². The molecule has 7 nitrogen and oxygen atoms in total. The van der Waals surface area contributed by atoms with Crippen molar-refractivity contribution in [1.82, 2.24) is 20.6 Å². The van der Waals surface area contributed by atoms with Crippen LogP contribution in [0.2, 0.25) is 0 Å². The van der Waals surface area contributed by atoms with Gasteiger partial charge in [0, 0.05) is 5.69 Å². The molecule has 2 N–H and O–H groups in total. The van der Waals surface area contributed by atoms with Crippen molar-refractivity contribution >= 4 is 11.6 Å². The number of hydrogen-bond acceptors (Lipinski definition) is 5. The zero-order valence-electron chi connectivity index (χ0n) is 15.0. The lowest BCUT2D eigenvalue weighted by Gasteiger charge is -2.15. The van der Waals surface area contributed by atoms with Crippen molar-refractivity contribution in [3.05, 3.63) is 65.0 Å². The van der Waals surface area contributed by atoms with Crippen LogP contribution in [0.1, 0.15) is 28.4 Å². The second-order valence-electron chi connectivity index (χ2n) is 6.24. The van der Waals surface area contributed by atoms with Gasteiger partial charge < -0.3 is 10.1 Å². The second-order valence-corrected chi connectivity index (χ2v) is 6.24. The molecule has 26 heavy (non-hydrogen) atoms. The molecule has 0 saturated carbocycles. The monoisotopic (exact) mass is 351 g/mol. The fourth-order valence-corrected chi connectivity index (χ4v) is 2.93. The van der Waals surface area contributed by atoms with Crippen LogP contribution in [-0.2, 0) is 11.2 Å². The molecule has 3 rings (SSSR count). The van der Waals surface area contributed by atoms with Crippen LogP contribution in [0.15, 0.2) is 42.5 Å². The molecule has 1 amide bonds. The van der Waals surface area contributed by atoms with Crippen molar-refractivity contribution in [2.75, 3.05) is 12.4 Å². The molecule has 0 aliphatic heterocycles. The molecular weight excluding hydrogens is 330 g/mol. The van der Waals surface area contributed by atoms with E-state index >= 15 is 0 Å². The Hall–Kier alpha value is -3.22. The number of aromatic nitrogens is 4. The molecule has 0 unspecified atom stereocenters. The lowest BCUT2D eigenvalue weighted by atomic mass is 9.97. The summed E-state index contributed by atoms with van der Waals surface area (Å²) in [6.45, 7) is 3.99. The van der Waals surface area contributed by atoms with E-state index in [1.807, 2.05) is 50.2 Å². The Bertz CT molecular complexity index is 872. The van der Waals surface area contributed by atoms with E-state index in [1.54, 1.807) is 7.11 Å². The number of aromatic amines is 1. The zero-order valence-corrected chi connectivity index (χ0v) is 15.0. The Labute approximate surface area is 151 Å². The van der Waals surface area contributed by atoms with Gasteiger partial charge in [0.25, 0.3) is 0 Å². The quantitative estimate of drug-likeness (QED) is 0.712. The van der Waals surface area contributed by atoms with Gasteiger partial charge in [0.2, 0.25) is 5.91 Å². The number of carbonyl (C=O) groups excluding carboxylic acids is 1. The summed E-state index contributed by atoms with van der Waals surface area (Å²) < 4.78 is 5.26. The third kappa shape index (κ3) is 4.24. The number of ether oxygens (including phenoxy) is 1. The molecule has 0 aliphatic carbocycles. The molecule has 1 heterocycles. The number of anilines is 1. The lowest BCUT2D eigenvalue weighted by Crippen LogP contribution is -2.24. The standard InChI is InChI=1S/C19H21N5O2/c1-12-7-13(2)9-15(8-12)20-19(25)17(18-21-23-24-22-18)11-14-5-4-6-16(10-14)26-3/h4-10,17H,11H2,1-3H3,(H,20,25)(H,21,22,23,24)/t17-/m0/s1. The first kappa shape index (κ1) is 17.6. The maximum atomic E-state index is 12.9. The van der Waals surface area contributed by atoms with E-state index in [9.17, 15) is 4.79 Å². The molecule has 3 aromatic rings. The highest BCUT2D eigenvalue weighted by molar-refractivity contribution is 5.95. The largest absolute Gasteiger partial charge is 0.497 e. The fourth-order valence-electron chi connectivity index (χ4n) is 2.93. The third-order valence-corrected chi connectivity index (χ3v) is 4.05. The summed E-state index contributed by atoms with van der Waals surface area (Å²) in [6, 6.07) is 13.5. The molecule has 0 radical (unpaired) electrons. The van der Waals surface area contributed by atoms with Gasteiger partial charge in [-0.3, -0.25) is 4.79 Å². The molecule has 134 valence electrons. The maximum absolute atomic E-state index is 12.9. The van der Waals surface area contributed by atoms with Gasteiger partial charge in [0.05, 0.1) is 7.11 Å². The first-order valence-electron chi connectivity index (χ1n) is 8.30. The van der Waals surface area contributed by atoms with Gasteiger partial charge in [-0.05, 0) is 61.2 Å². The first-order valence-corrected chi connectivity index (χ1v) is 8.30. The molecule has 1 aromatic heterocycles. The number of methoxy groups -OCH3 is 1. The van der Waals surface area contributed by atoms with Crippen molar-refractivity contribution in [2.24, 2.45) is 0 Å². The number of aryl methyl sites for hydroxylation is 2. The van der Waals surface area contributed by atoms with Crippen LogP contribution in [0.4, 0.5) is 5.69 Å². The maximum Gasteiger partial charge on any atom is 0.235 e. The van der Waals surface area contributed by atoms with Crippen molar-refractivity contribution in [2.45, 2.75) is 26.2 Å². The smallest absolute Gasteiger partial charge is 0.235 e. The van der Waals surface area contributed by atoms with Gasteiger partial charge >= 0.3 is 0 Å². The average Bonchev–Trinajstić information content (AvgIpc) is 3.13. The van der Waals surface area contributed by atoms with Crippen LogP contribution in [0.25, 0.3) is 0 Å². The summed E-state index contributed by atoms with van der Waals surface area (Å²) in [5.74, 6) is 0.347. The molecule has 0 bridgehead atoms. The second kappa shape index (κ2) is 7.77. The van der Waals surface area contributed by atoms with E-state index in [2.05, 4.69) is 32.0 Å². The highest BCUT2D eigenvalue weighted by Gasteiger charge is 2.25. The van der Waals surface area contributed by atoms with Crippen LogP contribution >= 0.6 is 0 Å². The van der Waals surface area contributed by atoms with Crippen molar-refractivity contribution < 1.29 is 9.53 Å². The van der Waals surface area contributed by atoms with Gasteiger partial charge in [-0.25, -0.2) is 0 Å². The molecule has 0 saturated heterocycles. The summed E-state index contributed by atoms with van der Waals surface area (Å²) in [5, 5.41) is 17.0. The number of tetrazole rings is 1. The lowest BCUT2D eigenvalue weighted by molar-refractivity contribution is -0.117. The zero-order chi connectivity index (χ0) is 18.5. The van der Waals surface area contributed by atoms with Crippen LogP contribution in [0.3, 0.4) is 0 Å². The number of rotatable bonds is 6. The van der Waals surface area contributed by atoms with E-state index in [0.29, 0.717) is 12.2 Å². The number of nitrogens with one attached hydrogen (secondary N) is 2. The predicted molar refractivity (Wildman–Crippen MR) is 98.2 cm³/mol. The predicted octanol–water partition coefficient (Wildman–Crippen LogP) is 2.79. The summed E-state index contributed by atoms with van der Waals surface area (Å²) in [7, 11) is 1.61. The SMILES string of the molecule is COc1cccc(C[C@H](C(=O)Nc2cc(C)cc(C)c2)c2nn[nH]n2)c1. The highest BCUT2D eigenvalue weighted by Crippen LogP contribution is 2.23. The Morgan fingerprint density at radius 3 is 2.62 bits per heavy atom. The van der Waals surface area contributed by atoms with E-state index in [1.165, 1.54) is 0 Å². The minimum atomic E-state index is -0.568. The van der Waals surface area contributed by atoms with Gasteiger partial charge in [-0.15, -0.1) is 10.2 Å². The molecule has 1 atom stereocenters. The van der Waals surface area contributed by atoms with Gasteiger partial charge in [-0.2, -0.15) is 5.21 Å². The van der Waals surface area contributed by atoms with E-state index < -0.39 is 5.92 Å². The Morgan fingerprint density at radius 1 is 1.19 bits per heavy atom. The van der Waals surface area contributed by atoms with Crippen molar-refractivity contribution in [1.29, 1.82) is 0 Å². The van der Waals surface area contributed by atoms with E-state index in [0.717, 1.165) is 28.1 Å². The number of nitrogens with zero attached hydrogens (tertiary/aromatic N) is 3. The summed E-state index contributed by atoms with van der Waals surface area (Å²) >= 11 is 0. The van der Waals surface area contributed by atoms with E-state index in [4.69, 9.17) is 4.74 Å². The number of H-pyrrole nitrogens is 1. The molecule has 0 fully saturated rings. The number of amides is 1. The normalized spacial score (nSPS) is 11.8. The number of benzene rings is 2. The molecule has 7 heteroatoms. The topological polar surface area (TPSA) is 92.8 Å². The van der Waals surface area contributed by atoms with Crippen LogP contribution in [0.5, 0.6) is 5.75 Å². The van der Waals surface area contributed by atoms with Crippen LogP contribution in [0, 0.1) is 13.8 Å². The van der Waals surface area contributed by atoms with Gasteiger partial charge in [-0.1, -0.05) is 23.4 Å². The van der Waals surface area contributed by atoms with E-state index in [-0.39, 0.29) is 5.91 Å². The van der Waals surface area contributed by atoms with Gasteiger partial charge in [0.1, 0.15) is 11.7 Å². The van der Waals surface area contributed by atoms with Crippen molar-refractivity contribution in [3.63, 3.8) is 0 Å². The Balaban J connectivity index is 1.85.